The third-order valence-electron chi connectivity index (χ3n) is 2.17. The van der Waals surface area contributed by atoms with Crippen LogP contribution < -0.4 is 0 Å². The van der Waals surface area contributed by atoms with Crippen LogP contribution in [0.25, 0.3) is 0 Å². The van der Waals surface area contributed by atoms with Gasteiger partial charge in [0.05, 0.1) is 0 Å². The number of halogens is 3. The van der Waals surface area contributed by atoms with Crippen molar-refractivity contribution >= 4 is 34.8 Å². The Morgan fingerprint density at radius 3 is 1.30 bits per heavy atom. The molecule has 0 fully saturated rings. The predicted octanol–water partition coefficient (Wildman–Crippen LogP) is 4.04. The SMILES string of the molecule is CC(C)C(C)(C)C(Cl)(Cl)Cl. The Labute approximate surface area is 77.8 Å². The average molecular weight is 204 g/mol. The quantitative estimate of drug-likeness (QED) is 0.564. The summed E-state index contributed by atoms with van der Waals surface area (Å²) in [7, 11) is 0. The van der Waals surface area contributed by atoms with E-state index in [1.807, 2.05) is 27.7 Å². The minimum Gasteiger partial charge on any atom is -0.0831 e. The van der Waals surface area contributed by atoms with Crippen molar-refractivity contribution in [1.82, 2.24) is 0 Å². The van der Waals surface area contributed by atoms with Crippen LogP contribution in [0.3, 0.4) is 0 Å². The summed E-state index contributed by atoms with van der Waals surface area (Å²) in [5.74, 6) is 0.361. The third-order valence-corrected chi connectivity index (χ3v) is 3.64. The lowest BCUT2D eigenvalue weighted by molar-refractivity contribution is 0.255. The van der Waals surface area contributed by atoms with E-state index in [1.54, 1.807) is 0 Å². The summed E-state index contributed by atoms with van der Waals surface area (Å²) < 4.78 is -1.17. The topological polar surface area (TPSA) is 0 Å². The molecule has 0 rings (SSSR count). The van der Waals surface area contributed by atoms with Gasteiger partial charge in [-0.2, -0.15) is 0 Å². The maximum atomic E-state index is 5.75. The van der Waals surface area contributed by atoms with Crippen LogP contribution in [0.15, 0.2) is 0 Å². The zero-order valence-electron chi connectivity index (χ0n) is 6.71. The highest BCUT2D eigenvalue weighted by atomic mass is 35.6. The van der Waals surface area contributed by atoms with Crippen molar-refractivity contribution in [3.8, 4) is 0 Å². The summed E-state index contributed by atoms with van der Waals surface area (Å²) in [5.41, 5.74) is -0.266. The van der Waals surface area contributed by atoms with Crippen LogP contribution in [0.1, 0.15) is 27.7 Å². The van der Waals surface area contributed by atoms with E-state index in [0.29, 0.717) is 5.92 Å². The van der Waals surface area contributed by atoms with Gasteiger partial charge >= 0.3 is 0 Å². The molecule has 0 unspecified atom stereocenters. The summed E-state index contributed by atoms with van der Waals surface area (Å²) in [5, 5.41) is 0. The smallest absolute Gasteiger partial charge is 0.0831 e. The molecule has 0 saturated carbocycles. The van der Waals surface area contributed by atoms with Crippen LogP contribution in [0.4, 0.5) is 0 Å². The second-order valence-electron chi connectivity index (χ2n) is 3.37. The first-order chi connectivity index (χ1) is 4.19. The molecule has 0 bridgehead atoms. The summed E-state index contributed by atoms with van der Waals surface area (Å²) >= 11 is 17.3. The Morgan fingerprint density at radius 2 is 1.30 bits per heavy atom. The largest absolute Gasteiger partial charge is 0.195 e. The van der Waals surface area contributed by atoms with Gasteiger partial charge in [-0.1, -0.05) is 62.5 Å². The van der Waals surface area contributed by atoms with E-state index in [2.05, 4.69) is 0 Å². The van der Waals surface area contributed by atoms with Gasteiger partial charge in [0.2, 0.25) is 0 Å². The van der Waals surface area contributed by atoms with Gasteiger partial charge in [0.25, 0.3) is 0 Å². The second kappa shape index (κ2) is 3.08. The van der Waals surface area contributed by atoms with Crippen molar-refractivity contribution in [2.24, 2.45) is 11.3 Å². The van der Waals surface area contributed by atoms with E-state index in [0.717, 1.165) is 0 Å². The maximum Gasteiger partial charge on any atom is 0.195 e. The van der Waals surface area contributed by atoms with E-state index in [-0.39, 0.29) is 5.41 Å². The van der Waals surface area contributed by atoms with E-state index in [1.165, 1.54) is 0 Å². The highest BCUT2D eigenvalue weighted by Crippen LogP contribution is 2.48. The normalized spacial score (nSPS) is 14.4. The maximum absolute atomic E-state index is 5.75. The van der Waals surface area contributed by atoms with E-state index < -0.39 is 3.79 Å². The van der Waals surface area contributed by atoms with Crippen LogP contribution >= 0.6 is 34.8 Å². The zero-order valence-corrected chi connectivity index (χ0v) is 8.98. The molecule has 0 aromatic rings. The Morgan fingerprint density at radius 1 is 1.00 bits per heavy atom. The molecule has 0 heterocycles. The number of rotatable bonds is 1. The van der Waals surface area contributed by atoms with Crippen LogP contribution in [-0.2, 0) is 0 Å². The molecule has 0 aromatic carbocycles. The van der Waals surface area contributed by atoms with Gasteiger partial charge in [0.1, 0.15) is 0 Å². The van der Waals surface area contributed by atoms with Crippen molar-refractivity contribution in [3.05, 3.63) is 0 Å². The fourth-order valence-electron chi connectivity index (χ4n) is 0.327. The van der Waals surface area contributed by atoms with Gasteiger partial charge in [-0.15, -0.1) is 0 Å². The molecule has 0 aliphatic rings. The first-order valence-corrected chi connectivity index (χ1v) is 4.39. The summed E-state index contributed by atoms with van der Waals surface area (Å²) in [6, 6.07) is 0. The van der Waals surface area contributed by atoms with Crippen LogP contribution in [-0.4, -0.2) is 3.79 Å². The Hall–Kier alpha value is 0.870. The molecule has 3 heteroatoms. The van der Waals surface area contributed by atoms with Crippen molar-refractivity contribution in [1.29, 1.82) is 0 Å². The van der Waals surface area contributed by atoms with Crippen LogP contribution in [0.5, 0.6) is 0 Å². The molecule has 62 valence electrons. The Bertz CT molecular complexity index is 111. The van der Waals surface area contributed by atoms with Crippen molar-refractivity contribution in [3.63, 3.8) is 0 Å². The first-order valence-electron chi connectivity index (χ1n) is 3.26. The van der Waals surface area contributed by atoms with Crippen molar-refractivity contribution in [2.75, 3.05) is 0 Å². The highest BCUT2D eigenvalue weighted by Gasteiger charge is 2.42. The second-order valence-corrected chi connectivity index (χ2v) is 5.66. The average Bonchev–Trinajstić information content (AvgIpc) is 1.62. The zero-order chi connectivity index (χ0) is 8.58. The molecule has 0 spiro atoms. The standard InChI is InChI=1S/C7H13Cl3/c1-5(2)6(3,4)7(8,9)10/h5H,1-4H3. The Kier molecular flexibility index (Phi) is 3.35. The minimum atomic E-state index is -1.17. The van der Waals surface area contributed by atoms with Crippen LogP contribution in [0.2, 0.25) is 0 Å². The van der Waals surface area contributed by atoms with Crippen molar-refractivity contribution < 1.29 is 0 Å². The monoisotopic (exact) mass is 202 g/mol. The predicted molar refractivity (Wildman–Crippen MR) is 48.9 cm³/mol. The number of alkyl halides is 3. The molecular weight excluding hydrogens is 190 g/mol. The molecule has 0 saturated heterocycles. The molecule has 0 aliphatic heterocycles. The lowest BCUT2D eigenvalue weighted by Crippen LogP contribution is -2.34. The lowest BCUT2D eigenvalue weighted by Gasteiger charge is -2.36. The summed E-state index contributed by atoms with van der Waals surface area (Å²) in [4.78, 5) is 0. The van der Waals surface area contributed by atoms with Crippen molar-refractivity contribution in [2.45, 2.75) is 31.5 Å². The molecule has 10 heavy (non-hydrogen) atoms. The molecule has 0 aromatic heterocycles. The van der Waals surface area contributed by atoms with Gasteiger partial charge in [0, 0.05) is 5.41 Å². The minimum absolute atomic E-state index is 0.266. The van der Waals surface area contributed by atoms with Gasteiger partial charge in [-0.25, -0.2) is 0 Å². The summed E-state index contributed by atoms with van der Waals surface area (Å²) in [6.45, 7) is 7.99. The van der Waals surface area contributed by atoms with E-state index >= 15 is 0 Å². The third kappa shape index (κ3) is 2.18. The molecule has 0 nitrogen and oxygen atoms in total. The highest BCUT2D eigenvalue weighted by molar-refractivity contribution is 6.68. The summed E-state index contributed by atoms with van der Waals surface area (Å²) in [6.07, 6.45) is 0. The van der Waals surface area contributed by atoms with Gasteiger partial charge in [-0.05, 0) is 5.92 Å². The van der Waals surface area contributed by atoms with Crippen LogP contribution in [0, 0.1) is 11.3 Å². The van der Waals surface area contributed by atoms with E-state index in [4.69, 9.17) is 34.8 Å². The fourth-order valence-corrected chi connectivity index (χ4v) is 0.982. The van der Waals surface area contributed by atoms with Gasteiger partial charge in [0.15, 0.2) is 3.79 Å². The molecule has 0 amide bonds. The first kappa shape index (κ1) is 10.9. The molecule has 0 N–H and O–H groups in total. The molecular formula is C7H13Cl3. The van der Waals surface area contributed by atoms with Gasteiger partial charge in [-0.3, -0.25) is 0 Å². The number of hydrogen-bond acceptors (Lipinski definition) is 0. The molecule has 0 aliphatic carbocycles. The number of hydrogen-bond donors (Lipinski definition) is 0. The van der Waals surface area contributed by atoms with Gasteiger partial charge < -0.3 is 0 Å². The van der Waals surface area contributed by atoms with E-state index in [9.17, 15) is 0 Å². The lowest BCUT2D eigenvalue weighted by atomic mass is 9.83. The molecule has 0 atom stereocenters. The fraction of sp³-hybridized carbons (Fsp3) is 1.00. The molecule has 0 radical (unpaired) electrons. The Balaban J connectivity index is 4.40.